The van der Waals surface area contributed by atoms with Crippen LogP contribution in [0.4, 0.5) is 0 Å². The fraction of sp³-hybridized carbons (Fsp3) is 0.111. The molecule has 0 spiro atoms. The van der Waals surface area contributed by atoms with Gasteiger partial charge in [0, 0.05) is 16.5 Å². The zero-order valence-corrected chi connectivity index (χ0v) is 16.2. The molecule has 0 aliphatic carbocycles. The summed E-state index contributed by atoms with van der Waals surface area (Å²) in [7, 11) is 0. The van der Waals surface area contributed by atoms with Gasteiger partial charge >= 0.3 is 0 Å². The van der Waals surface area contributed by atoms with Crippen LogP contribution in [0.5, 0.6) is 11.5 Å². The standard InChI is InChI=1S/C27H24O2/c28-25-17-9-7-15-23(25)27(19-21-11-3-1-4-12-21,20-22-13-5-2-6-14-22)24-16-8-10-18-26(24)29/h1-18,28-29H,19-20H2. The Morgan fingerprint density at radius 2 is 0.793 bits per heavy atom. The maximum absolute atomic E-state index is 10.9. The van der Waals surface area contributed by atoms with Crippen LogP contribution in [-0.4, -0.2) is 10.2 Å². The summed E-state index contributed by atoms with van der Waals surface area (Å²) >= 11 is 0. The van der Waals surface area contributed by atoms with Gasteiger partial charge < -0.3 is 10.2 Å². The van der Waals surface area contributed by atoms with Crippen molar-refractivity contribution in [2.45, 2.75) is 18.3 Å². The zero-order chi connectivity index (χ0) is 20.1. The maximum atomic E-state index is 10.9. The van der Waals surface area contributed by atoms with Crippen LogP contribution in [0.2, 0.25) is 0 Å². The third-order valence-corrected chi connectivity index (χ3v) is 5.54. The minimum atomic E-state index is -0.626. The van der Waals surface area contributed by atoms with Crippen molar-refractivity contribution < 1.29 is 10.2 Å². The van der Waals surface area contributed by atoms with Gasteiger partial charge in [-0.2, -0.15) is 0 Å². The van der Waals surface area contributed by atoms with E-state index in [9.17, 15) is 10.2 Å². The van der Waals surface area contributed by atoms with Crippen molar-refractivity contribution in [2.24, 2.45) is 0 Å². The number of para-hydroxylation sites is 2. The first kappa shape index (κ1) is 18.8. The van der Waals surface area contributed by atoms with E-state index in [0.717, 1.165) is 22.3 Å². The van der Waals surface area contributed by atoms with Crippen molar-refractivity contribution in [3.63, 3.8) is 0 Å². The predicted molar refractivity (Wildman–Crippen MR) is 117 cm³/mol. The molecule has 0 aromatic heterocycles. The fourth-order valence-corrected chi connectivity index (χ4v) is 4.23. The first-order valence-electron chi connectivity index (χ1n) is 9.84. The summed E-state index contributed by atoms with van der Waals surface area (Å²) in [6.07, 6.45) is 1.30. The van der Waals surface area contributed by atoms with Crippen molar-refractivity contribution in [1.82, 2.24) is 0 Å². The van der Waals surface area contributed by atoms with Gasteiger partial charge in [0.15, 0.2) is 0 Å². The molecule has 29 heavy (non-hydrogen) atoms. The van der Waals surface area contributed by atoms with Gasteiger partial charge in [0.1, 0.15) is 11.5 Å². The Morgan fingerprint density at radius 1 is 0.448 bits per heavy atom. The lowest BCUT2D eigenvalue weighted by Crippen LogP contribution is -2.33. The van der Waals surface area contributed by atoms with Crippen LogP contribution in [0, 0.1) is 0 Å². The summed E-state index contributed by atoms with van der Waals surface area (Å²) in [5.74, 6) is 0.477. The van der Waals surface area contributed by atoms with Gasteiger partial charge in [0.25, 0.3) is 0 Å². The van der Waals surface area contributed by atoms with E-state index >= 15 is 0 Å². The van der Waals surface area contributed by atoms with Gasteiger partial charge in [-0.3, -0.25) is 0 Å². The van der Waals surface area contributed by atoms with E-state index in [4.69, 9.17) is 0 Å². The second-order valence-corrected chi connectivity index (χ2v) is 7.44. The third kappa shape index (κ3) is 3.88. The molecule has 0 unspecified atom stereocenters. The van der Waals surface area contributed by atoms with Gasteiger partial charge in [0.2, 0.25) is 0 Å². The molecule has 2 nitrogen and oxygen atoms in total. The summed E-state index contributed by atoms with van der Waals surface area (Å²) in [6.45, 7) is 0. The summed E-state index contributed by atoms with van der Waals surface area (Å²) in [5.41, 5.74) is 3.30. The average molecular weight is 380 g/mol. The normalized spacial score (nSPS) is 11.3. The molecule has 4 rings (SSSR count). The summed E-state index contributed by atoms with van der Waals surface area (Å²) in [4.78, 5) is 0. The molecule has 0 heterocycles. The highest BCUT2D eigenvalue weighted by molar-refractivity contribution is 5.53. The molecule has 0 amide bonds. The van der Waals surface area contributed by atoms with Crippen LogP contribution in [0.3, 0.4) is 0 Å². The molecule has 0 saturated heterocycles. The highest BCUT2D eigenvalue weighted by atomic mass is 16.3. The van der Waals surface area contributed by atoms with Crippen molar-refractivity contribution >= 4 is 0 Å². The number of hydrogen-bond acceptors (Lipinski definition) is 2. The van der Waals surface area contributed by atoms with Gasteiger partial charge in [-0.05, 0) is 36.1 Å². The fourth-order valence-electron chi connectivity index (χ4n) is 4.23. The molecule has 0 fully saturated rings. The highest BCUT2D eigenvalue weighted by Crippen LogP contribution is 2.45. The number of phenols is 2. The highest BCUT2D eigenvalue weighted by Gasteiger charge is 2.38. The molecule has 2 heteroatoms. The Labute approximate surface area is 171 Å². The maximum Gasteiger partial charge on any atom is 0.119 e. The minimum absolute atomic E-state index is 0.239. The number of phenolic OH excluding ortho intramolecular Hbond substituents is 2. The SMILES string of the molecule is Oc1ccccc1C(Cc1ccccc1)(Cc1ccccc1)c1ccccc1O. The number of aromatic hydroxyl groups is 2. The van der Waals surface area contributed by atoms with Crippen LogP contribution in [0.25, 0.3) is 0 Å². The molecule has 4 aromatic carbocycles. The lowest BCUT2D eigenvalue weighted by molar-refractivity contribution is 0.408. The van der Waals surface area contributed by atoms with E-state index in [1.807, 2.05) is 72.8 Å². The molecule has 0 aliphatic rings. The largest absolute Gasteiger partial charge is 0.508 e. The molecular weight excluding hydrogens is 356 g/mol. The van der Waals surface area contributed by atoms with Gasteiger partial charge in [0.05, 0.1) is 0 Å². The van der Waals surface area contributed by atoms with Crippen LogP contribution in [0.1, 0.15) is 22.3 Å². The topological polar surface area (TPSA) is 40.5 Å². The number of rotatable bonds is 6. The van der Waals surface area contributed by atoms with Crippen molar-refractivity contribution in [2.75, 3.05) is 0 Å². The molecule has 2 N–H and O–H groups in total. The van der Waals surface area contributed by atoms with Crippen LogP contribution in [0.15, 0.2) is 109 Å². The lowest BCUT2D eigenvalue weighted by atomic mass is 9.66. The van der Waals surface area contributed by atoms with Crippen molar-refractivity contribution in [1.29, 1.82) is 0 Å². The molecule has 0 radical (unpaired) electrons. The zero-order valence-electron chi connectivity index (χ0n) is 16.2. The first-order valence-corrected chi connectivity index (χ1v) is 9.84. The lowest BCUT2D eigenvalue weighted by Gasteiger charge is -2.36. The van der Waals surface area contributed by atoms with E-state index in [2.05, 4.69) is 24.3 Å². The number of hydrogen-bond donors (Lipinski definition) is 2. The first-order chi connectivity index (χ1) is 14.2. The van der Waals surface area contributed by atoms with Crippen molar-refractivity contribution in [3.05, 3.63) is 131 Å². The van der Waals surface area contributed by atoms with E-state index in [0.29, 0.717) is 12.8 Å². The van der Waals surface area contributed by atoms with E-state index in [1.165, 1.54) is 0 Å². The molecule has 0 atom stereocenters. The predicted octanol–water partition coefficient (Wildman–Crippen LogP) is 5.87. The van der Waals surface area contributed by atoms with Crippen LogP contribution < -0.4 is 0 Å². The molecule has 144 valence electrons. The molecule has 4 aromatic rings. The quantitative estimate of drug-likeness (QED) is 0.439. The Bertz CT molecular complexity index is 983. The second-order valence-electron chi connectivity index (χ2n) is 7.44. The van der Waals surface area contributed by atoms with E-state index in [1.54, 1.807) is 12.1 Å². The molecule has 0 aliphatic heterocycles. The molecular formula is C27H24O2. The number of benzene rings is 4. The smallest absolute Gasteiger partial charge is 0.119 e. The minimum Gasteiger partial charge on any atom is -0.508 e. The second kappa shape index (κ2) is 8.24. The van der Waals surface area contributed by atoms with Gasteiger partial charge in [-0.25, -0.2) is 0 Å². The van der Waals surface area contributed by atoms with E-state index < -0.39 is 5.41 Å². The Hall–Kier alpha value is -3.52. The molecule has 0 saturated carbocycles. The van der Waals surface area contributed by atoms with Crippen LogP contribution in [-0.2, 0) is 18.3 Å². The Kier molecular flexibility index (Phi) is 5.35. The van der Waals surface area contributed by atoms with Gasteiger partial charge in [-0.1, -0.05) is 97.1 Å². The van der Waals surface area contributed by atoms with Crippen molar-refractivity contribution in [3.8, 4) is 11.5 Å². The Balaban J connectivity index is 1.98. The summed E-state index contributed by atoms with van der Waals surface area (Å²) in [5, 5.41) is 21.7. The molecule has 0 bridgehead atoms. The third-order valence-electron chi connectivity index (χ3n) is 5.54. The monoisotopic (exact) mass is 380 g/mol. The summed E-state index contributed by atoms with van der Waals surface area (Å²) < 4.78 is 0. The Morgan fingerprint density at radius 3 is 1.17 bits per heavy atom. The van der Waals surface area contributed by atoms with Crippen LogP contribution >= 0.6 is 0 Å². The summed E-state index contributed by atoms with van der Waals surface area (Å²) in [6, 6.07) is 35.4. The average Bonchev–Trinajstić information content (AvgIpc) is 2.75. The van der Waals surface area contributed by atoms with Gasteiger partial charge in [-0.15, -0.1) is 0 Å². The van der Waals surface area contributed by atoms with E-state index in [-0.39, 0.29) is 11.5 Å².